The quantitative estimate of drug-likeness (QED) is 0.931. The molecule has 1 aliphatic heterocycles. The second-order valence-corrected chi connectivity index (χ2v) is 4.79. The molecule has 1 N–H and O–H groups in total. The van der Waals surface area contributed by atoms with E-state index in [1.54, 1.807) is 0 Å². The Morgan fingerprint density at radius 3 is 3.05 bits per heavy atom. The Balaban J connectivity index is 1.73. The summed E-state index contributed by atoms with van der Waals surface area (Å²) in [5.74, 6) is 1.14. The molecule has 1 fully saturated rings. The van der Waals surface area contributed by atoms with Gasteiger partial charge in [-0.05, 0) is 11.6 Å². The number of nitrogens with zero attached hydrogens (tertiary/aromatic N) is 2. The van der Waals surface area contributed by atoms with Gasteiger partial charge in [-0.2, -0.15) is 4.98 Å². The topological polar surface area (TPSA) is 60.2 Å². The van der Waals surface area contributed by atoms with Crippen LogP contribution in [-0.2, 0) is 11.2 Å². The van der Waals surface area contributed by atoms with Gasteiger partial charge >= 0.3 is 0 Å². The van der Waals surface area contributed by atoms with Crippen molar-refractivity contribution in [3.05, 3.63) is 46.6 Å². The highest BCUT2D eigenvalue weighted by Gasteiger charge is 2.22. The molecule has 1 atom stereocenters. The van der Waals surface area contributed by atoms with Crippen molar-refractivity contribution >= 4 is 11.6 Å². The lowest BCUT2D eigenvalue weighted by Crippen LogP contribution is -2.33. The van der Waals surface area contributed by atoms with E-state index in [1.807, 2.05) is 24.3 Å². The average Bonchev–Trinajstić information content (AvgIpc) is 2.91. The molecule has 6 heteroatoms. The van der Waals surface area contributed by atoms with E-state index in [2.05, 4.69) is 15.5 Å². The van der Waals surface area contributed by atoms with Crippen LogP contribution in [0.25, 0.3) is 0 Å². The molecule has 19 heavy (non-hydrogen) atoms. The van der Waals surface area contributed by atoms with Crippen LogP contribution in [0.1, 0.15) is 23.4 Å². The molecule has 0 saturated carbocycles. The van der Waals surface area contributed by atoms with Crippen molar-refractivity contribution in [1.82, 2.24) is 15.5 Å². The minimum absolute atomic E-state index is 0.152. The summed E-state index contributed by atoms with van der Waals surface area (Å²) in [4.78, 5) is 4.37. The zero-order valence-corrected chi connectivity index (χ0v) is 11.1. The number of aromatic nitrogens is 2. The summed E-state index contributed by atoms with van der Waals surface area (Å²) in [5.41, 5.74) is 0.985. The van der Waals surface area contributed by atoms with E-state index in [0.29, 0.717) is 36.3 Å². The number of hydrogen-bond donors (Lipinski definition) is 1. The maximum absolute atomic E-state index is 6.11. The number of benzene rings is 1. The van der Waals surface area contributed by atoms with Gasteiger partial charge in [-0.3, -0.25) is 0 Å². The van der Waals surface area contributed by atoms with Crippen molar-refractivity contribution < 1.29 is 9.26 Å². The highest BCUT2D eigenvalue weighted by molar-refractivity contribution is 6.31. The fourth-order valence-corrected chi connectivity index (χ4v) is 2.21. The number of halogens is 1. The number of nitrogens with one attached hydrogen (secondary N) is 1. The number of rotatable bonds is 3. The summed E-state index contributed by atoms with van der Waals surface area (Å²) < 4.78 is 10.8. The Morgan fingerprint density at radius 2 is 2.26 bits per heavy atom. The Labute approximate surface area is 115 Å². The molecule has 3 rings (SSSR count). The number of ether oxygens (including phenoxy) is 1. The predicted molar refractivity (Wildman–Crippen MR) is 70.1 cm³/mol. The van der Waals surface area contributed by atoms with E-state index in [9.17, 15) is 0 Å². The molecule has 0 radical (unpaired) electrons. The van der Waals surface area contributed by atoms with E-state index in [-0.39, 0.29) is 6.10 Å². The van der Waals surface area contributed by atoms with Gasteiger partial charge in [0, 0.05) is 24.5 Å². The van der Waals surface area contributed by atoms with Gasteiger partial charge in [0.2, 0.25) is 0 Å². The zero-order valence-electron chi connectivity index (χ0n) is 10.3. The minimum Gasteiger partial charge on any atom is -0.366 e. The second kappa shape index (κ2) is 5.69. The van der Waals surface area contributed by atoms with Gasteiger partial charge in [-0.1, -0.05) is 35.0 Å². The van der Waals surface area contributed by atoms with Crippen LogP contribution in [0.5, 0.6) is 0 Å². The standard InChI is InChI=1S/C13H14ClN3O2/c14-10-4-2-1-3-9(10)7-12-16-13(19-17-12)11-8-15-5-6-18-11/h1-4,11,15H,5-8H2/t11-/m1/s1. The summed E-state index contributed by atoms with van der Waals surface area (Å²) in [6.07, 6.45) is 0.407. The lowest BCUT2D eigenvalue weighted by Gasteiger charge is -2.19. The summed E-state index contributed by atoms with van der Waals surface area (Å²) in [7, 11) is 0. The first-order valence-corrected chi connectivity index (χ1v) is 6.59. The Hall–Kier alpha value is -1.43. The molecular weight excluding hydrogens is 266 g/mol. The van der Waals surface area contributed by atoms with Crippen LogP contribution in [-0.4, -0.2) is 29.8 Å². The largest absolute Gasteiger partial charge is 0.366 e. The fourth-order valence-electron chi connectivity index (χ4n) is 2.01. The molecule has 1 aromatic heterocycles. The molecule has 0 unspecified atom stereocenters. The van der Waals surface area contributed by atoms with E-state index < -0.39 is 0 Å². The third-order valence-electron chi connectivity index (χ3n) is 2.99. The maximum Gasteiger partial charge on any atom is 0.257 e. The minimum atomic E-state index is -0.152. The molecule has 2 heterocycles. The van der Waals surface area contributed by atoms with E-state index in [1.165, 1.54) is 0 Å². The highest BCUT2D eigenvalue weighted by atomic mass is 35.5. The fraction of sp³-hybridized carbons (Fsp3) is 0.385. The molecule has 0 amide bonds. The highest BCUT2D eigenvalue weighted by Crippen LogP contribution is 2.20. The van der Waals surface area contributed by atoms with Gasteiger partial charge in [0.15, 0.2) is 5.82 Å². The summed E-state index contributed by atoms with van der Waals surface area (Å²) in [6, 6.07) is 7.65. The summed E-state index contributed by atoms with van der Waals surface area (Å²) in [6.45, 7) is 2.22. The molecule has 1 saturated heterocycles. The van der Waals surface area contributed by atoms with Crippen molar-refractivity contribution in [2.75, 3.05) is 19.7 Å². The summed E-state index contributed by atoms with van der Waals surface area (Å²) >= 11 is 6.11. The third kappa shape index (κ3) is 2.94. The normalized spacial score (nSPS) is 19.5. The van der Waals surface area contributed by atoms with Gasteiger partial charge < -0.3 is 14.6 Å². The van der Waals surface area contributed by atoms with Gasteiger partial charge in [0.05, 0.1) is 6.61 Å². The monoisotopic (exact) mass is 279 g/mol. The Kier molecular flexibility index (Phi) is 3.77. The van der Waals surface area contributed by atoms with Crippen LogP contribution in [0, 0.1) is 0 Å². The lowest BCUT2D eigenvalue weighted by molar-refractivity contribution is 0.00755. The first kappa shape index (κ1) is 12.6. The van der Waals surface area contributed by atoms with Gasteiger partial charge in [-0.15, -0.1) is 0 Å². The Bertz CT molecular complexity index is 552. The van der Waals surface area contributed by atoms with Crippen molar-refractivity contribution in [2.45, 2.75) is 12.5 Å². The van der Waals surface area contributed by atoms with Crippen molar-refractivity contribution in [2.24, 2.45) is 0 Å². The molecular formula is C13H14ClN3O2. The van der Waals surface area contributed by atoms with Crippen LogP contribution in [0.4, 0.5) is 0 Å². The van der Waals surface area contributed by atoms with E-state index >= 15 is 0 Å². The predicted octanol–water partition coefficient (Wildman–Crippen LogP) is 1.97. The van der Waals surface area contributed by atoms with Crippen LogP contribution in [0.15, 0.2) is 28.8 Å². The zero-order chi connectivity index (χ0) is 13.1. The molecule has 2 aromatic rings. The SMILES string of the molecule is Clc1ccccc1Cc1noc([C@H]2CNCCO2)n1. The van der Waals surface area contributed by atoms with E-state index in [4.69, 9.17) is 20.9 Å². The van der Waals surface area contributed by atoms with Gasteiger partial charge in [0.25, 0.3) is 5.89 Å². The van der Waals surface area contributed by atoms with Crippen molar-refractivity contribution in [3.63, 3.8) is 0 Å². The summed E-state index contributed by atoms with van der Waals surface area (Å²) in [5, 5.41) is 7.92. The number of morpholine rings is 1. The van der Waals surface area contributed by atoms with Gasteiger partial charge in [-0.25, -0.2) is 0 Å². The van der Waals surface area contributed by atoms with Crippen LogP contribution >= 0.6 is 11.6 Å². The van der Waals surface area contributed by atoms with Crippen LogP contribution in [0.3, 0.4) is 0 Å². The number of hydrogen-bond acceptors (Lipinski definition) is 5. The van der Waals surface area contributed by atoms with Crippen molar-refractivity contribution in [3.8, 4) is 0 Å². The van der Waals surface area contributed by atoms with Crippen LogP contribution in [0.2, 0.25) is 5.02 Å². The molecule has 1 aromatic carbocycles. The maximum atomic E-state index is 6.11. The average molecular weight is 280 g/mol. The first-order chi connectivity index (χ1) is 9.33. The Morgan fingerprint density at radius 1 is 1.37 bits per heavy atom. The first-order valence-electron chi connectivity index (χ1n) is 6.21. The van der Waals surface area contributed by atoms with Crippen molar-refractivity contribution in [1.29, 1.82) is 0 Å². The third-order valence-corrected chi connectivity index (χ3v) is 3.36. The lowest BCUT2D eigenvalue weighted by atomic mass is 10.1. The van der Waals surface area contributed by atoms with Gasteiger partial charge in [0.1, 0.15) is 6.10 Å². The molecule has 0 spiro atoms. The second-order valence-electron chi connectivity index (χ2n) is 4.38. The molecule has 5 nitrogen and oxygen atoms in total. The molecule has 0 aliphatic carbocycles. The smallest absolute Gasteiger partial charge is 0.257 e. The van der Waals surface area contributed by atoms with E-state index in [0.717, 1.165) is 12.1 Å². The molecule has 100 valence electrons. The molecule has 1 aliphatic rings. The molecule has 0 bridgehead atoms. The van der Waals surface area contributed by atoms with Crippen LogP contribution < -0.4 is 5.32 Å².